The van der Waals surface area contributed by atoms with Gasteiger partial charge in [0.2, 0.25) is 0 Å². The number of allylic oxidation sites excluding steroid dienone is 2. The fraction of sp³-hybridized carbons (Fsp3) is 0.354. The molecule has 2 bridgehead atoms. The van der Waals surface area contributed by atoms with E-state index in [1.54, 1.807) is 49.9 Å². The number of rotatable bonds is 11. The monoisotopic (exact) mass is 819 g/mol. The summed E-state index contributed by atoms with van der Waals surface area (Å²) in [6.45, 7) is 3.95. The molecule has 0 amide bonds. The molecule has 0 radical (unpaired) electrons. The number of nitrogens with zero attached hydrogens (tertiary/aromatic N) is 1. The normalized spacial score (nSPS) is 22.6. The minimum atomic E-state index is -4.07. The molecule has 1 aromatic heterocycles. The molecule has 1 heterocycles. The van der Waals surface area contributed by atoms with Gasteiger partial charge < -0.3 is 19.7 Å². The third kappa shape index (κ3) is 8.31. The van der Waals surface area contributed by atoms with Gasteiger partial charge in [-0.05, 0) is 104 Å². The van der Waals surface area contributed by atoms with Crippen LogP contribution in [-0.4, -0.2) is 61.2 Å². The molecule has 8 nitrogen and oxygen atoms in total. The summed E-state index contributed by atoms with van der Waals surface area (Å²) in [7, 11) is -0.966. The molecule has 1 saturated carbocycles. The molecule has 10 heteroatoms. The van der Waals surface area contributed by atoms with Crippen molar-refractivity contribution in [1.82, 2.24) is 4.31 Å². The first-order chi connectivity index (χ1) is 27.9. The minimum absolute atomic E-state index is 0.0352. The second-order valence-corrected chi connectivity index (χ2v) is 19.2. The number of thiophene rings is 1. The molecule has 0 saturated heterocycles. The summed E-state index contributed by atoms with van der Waals surface area (Å²) in [6, 6.07) is 32.1. The van der Waals surface area contributed by atoms with Crippen molar-refractivity contribution in [3.8, 4) is 22.6 Å². The number of aliphatic hydroxyl groups is 2. The summed E-state index contributed by atoms with van der Waals surface area (Å²) in [5.41, 5.74) is 4.02. The first-order valence-electron chi connectivity index (χ1n) is 20.0. The zero-order valence-corrected chi connectivity index (χ0v) is 35.3. The minimum Gasteiger partial charge on any atom is -0.497 e. The number of carbonyl (C=O) groups excluding carboxylic acids is 1. The van der Waals surface area contributed by atoms with Crippen molar-refractivity contribution in [3.05, 3.63) is 148 Å². The highest BCUT2D eigenvalue weighted by Gasteiger charge is 2.58. The van der Waals surface area contributed by atoms with E-state index in [0.29, 0.717) is 66.7 Å². The molecule has 3 aliphatic rings. The predicted molar refractivity (Wildman–Crippen MR) is 230 cm³/mol. The largest absolute Gasteiger partial charge is 0.497 e. The number of fused-ring (bicyclic) bond motifs is 8. The van der Waals surface area contributed by atoms with Gasteiger partial charge in [-0.15, -0.1) is 11.3 Å². The third-order valence-corrected chi connectivity index (χ3v) is 15.7. The summed E-state index contributed by atoms with van der Waals surface area (Å²) < 4.78 is 41.9. The standard InChI is InChI=1S/C48H53NO7S2/c1-33-12-10-25-47(2)43(24-26-48(47,52)32-49(58(53,54)45-17-11-27-57-45)31-36-20-22-38(55-3)30-44(36)56-4)40-23-19-34(28-37(50)21-18-33)29-42(40)46(51)41-16-9-8-15-39(41)35-13-6-5-7-14-35/h5-9,11-17,19-20,22-23,27,29-30,37,43,50,52H,10,18,21,24-26,28,31-32H2,1-4H3/t37-,43-,47-,48+/m0/s1. The van der Waals surface area contributed by atoms with E-state index in [1.807, 2.05) is 72.8 Å². The van der Waals surface area contributed by atoms with Gasteiger partial charge in [0.15, 0.2) is 5.78 Å². The summed E-state index contributed by atoms with van der Waals surface area (Å²) in [6.07, 6.45) is 5.37. The number of ketones is 1. The highest BCUT2D eigenvalue weighted by atomic mass is 32.2. The van der Waals surface area contributed by atoms with E-state index >= 15 is 4.79 Å². The van der Waals surface area contributed by atoms with Crippen molar-refractivity contribution < 1.29 is 32.9 Å². The highest BCUT2D eigenvalue weighted by molar-refractivity contribution is 7.91. The van der Waals surface area contributed by atoms with Crippen LogP contribution >= 0.6 is 11.3 Å². The molecule has 1 fully saturated rings. The molecular formula is C48H53NO7S2. The lowest BCUT2D eigenvalue weighted by Gasteiger charge is -2.46. The van der Waals surface area contributed by atoms with E-state index in [4.69, 9.17) is 9.47 Å². The van der Waals surface area contributed by atoms with Crippen molar-refractivity contribution in [1.29, 1.82) is 0 Å². The Morgan fingerprint density at radius 3 is 2.41 bits per heavy atom. The maximum atomic E-state index is 15.1. The van der Waals surface area contributed by atoms with Gasteiger partial charge in [0, 0.05) is 41.3 Å². The molecule has 304 valence electrons. The van der Waals surface area contributed by atoms with Gasteiger partial charge in [0.1, 0.15) is 15.7 Å². The fourth-order valence-corrected chi connectivity index (χ4v) is 11.7. The van der Waals surface area contributed by atoms with Gasteiger partial charge in [-0.25, -0.2) is 8.42 Å². The first kappa shape index (κ1) is 41.6. The number of sulfonamides is 1. The lowest BCUT2D eigenvalue weighted by Crippen LogP contribution is -2.53. The lowest BCUT2D eigenvalue weighted by molar-refractivity contribution is -0.0732. The molecule has 0 unspecified atom stereocenters. The first-order valence-corrected chi connectivity index (χ1v) is 22.3. The Morgan fingerprint density at radius 2 is 1.67 bits per heavy atom. The smallest absolute Gasteiger partial charge is 0.252 e. The van der Waals surface area contributed by atoms with E-state index in [0.717, 1.165) is 45.6 Å². The second kappa shape index (κ2) is 17.3. The summed E-state index contributed by atoms with van der Waals surface area (Å²) in [4.78, 5) is 15.1. The molecule has 4 aromatic carbocycles. The van der Waals surface area contributed by atoms with Crippen LogP contribution in [0.1, 0.15) is 90.9 Å². The van der Waals surface area contributed by atoms with Gasteiger partial charge in [0.25, 0.3) is 10.0 Å². The average Bonchev–Trinajstić information content (AvgIpc) is 3.87. The quantitative estimate of drug-likeness (QED) is 0.101. The van der Waals surface area contributed by atoms with Crippen LogP contribution in [0.3, 0.4) is 0 Å². The van der Waals surface area contributed by atoms with Crippen LogP contribution < -0.4 is 9.47 Å². The predicted octanol–water partition coefficient (Wildman–Crippen LogP) is 9.59. The van der Waals surface area contributed by atoms with Crippen LogP contribution in [0, 0.1) is 5.41 Å². The molecule has 3 aliphatic carbocycles. The van der Waals surface area contributed by atoms with Gasteiger partial charge >= 0.3 is 0 Å². The third-order valence-electron chi connectivity index (χ3n) is 12.5. The highest BCUT2D eigenvalue weighted by Crippen LogP contribution is 2.59. The molecule has 0 aliphatic heterocycles. The van der Waals surface area contributed by atoms with E-state index in [-0.39, 0.29) is 29.0 Å². The Labute approximate surface area is 346 Å². The number of hydrogen-bond donors (Lipinski definition) is 2. The SMILES string of the molecule is COc1ccc(CN(C[C@]2(O)CC[C@H]3c4ccc(cc4C(=O)c4ccccc4-c4ccccc4)C[C@@H](O)CCC(C)=CCC[C@@]32C)S(=O)(=O)c2cccs2)c(OC)c1. The van der Waals surface area contributed by atoms with E-state index in [9.17, 15) is 18.6 Å². The van der Waals surface area contributed by atoms with Crippen LogP contribution in [0.2, 0.25) is 0 Å². The Kier molecular flexibility index (Phi) is 12.4. The topological polar surface area (TPSA) is 113 Å². The molecular weight excluding hydrogens is 767 g/mol. The Bertz CT molecular complexity index is 2380. The molecule has 2 N–H and O–H groups in total. The van der Waals surface area contributed by atoms with E-state index in [1.165, 1.54) is 4.31 Å². The molecule has 0 spiro atoms. The van der Waals surface area contributed by atoms with Crippen molar-refractivity contribution in [2.75, 3.05) is 20.8 Å². The number of aliphatic hydroxyl groups excluding tert-OH is 1. The Morgan fingerprint density at radius 1 is 0.897 bits per heavy atom. The maximum absolute atomic E-state index is 15.1. The van der Waals surface area contributed by atoms with Crippen molar-refractivity contribution in [2.45, 2.75) is 87.2 Å². The van der Waals surface area contributed by atoms with Crippen LogP contribution in [-0.2, 0) is 23.0 Å². The van der Waals surface area contributed by atoms with Gasteiger partial charge in [-0.3, -0.25) is 4.79 Å². The van der Waals surface area contributed by atoms with Gasteiger partial charge in [-0.1, -0.05) is 97.4 Å². The van der Waals surface area contributed by atoms with Crippen LogP contribution in [0.15, 0.2) is 124 Å². The van der Waals surface area contributed by atoms with Crippen molar-refractivity contribution in [2.24, 2.45) is 5.41 Å². The summed E-state index contributed by atoms with van der Waals surface area (Å²) in [5, 5.41) is 26.1. The Hall–Kier alpha value is -4.58. The number of ether oxygens (including phenoxy) is 2. The van der Waals surface area contributed by atoms with E-state index < -0.39 is 27.1 Å². The summed E-state index contributed by atoms with van der Waals surface area (Å²) in [5.74, 6) is 0.645. The van der Waals surface area contributed by atoms with Crippen molar-refractivity contribution >= 4 is 27.1 Å². The fourth-order valence-electron chi connectivity index (χ4n) is 9.12. The van der Waals surface area contributed by atoms with Crippen LogP contribution in [0.5, 0.6) is 11.5 Å². The zero-order valence-electron chi connectivity index (χ0n) is 33.7. The number of benzene rings is 4. The lowest BCUT2D eigenvalue weighted by atomic mass is 9.64. The summed E-state index contributed by atoms with van der Waals surface area (Å²) >= 11 is 1.14. The van der Waals surface area contributed by atoms with Gasteiger partial charge in [-0.2, -0.15) is 4.31 Å². The maximum Gasteiger partial charge on any atom is 0.252 e. The van der Waals surface area contributed by atoms with Crippen LogP contribution in [0.4, 0.5) is 0 Å². The molecule has 4 atom stereocenters. The number of methoxy groups -OCH3 is 2. The second-order valence-electron chi connectivity index (χ2n) is 16.1. The molecule has 8 rings (SSSR count). The number of hydrogen-bond acceptors (Lipinski definition) is 8. The Balaban J connectivity index is 1.35. The van der Waals surface area contributed by atoms with Crippen LogP contribution in [0.25, 0.3) is 11.1 Å². The zero-order chi connectivity index (χ0) is 41.1. The number of carbonyl (C=O) groups is 1. The molecule has 58 heavy (non-hydrogen) atoms. The molecule has 5 aromatic rings. The van der Waals surface area contributed by atoms with E-state index in [2.05, 4.69) is 19.9 Å². The average molecular weight is 820 g/mol. The van der Waals surface area contributed by atoms with Gasteiger partial charge in [0.05, 0.1) is 25.9 Å². The van der Waals surface area contributed by atoms with Crippen molar-refractivity contribution in [3.63, 3.8) is 0 Å².